The number of fused-ring (bicyclic) bond motifs is 1. The monoisotopic (exact) mass is 274 g/mol. The molecule has 0 radical (unpaired) electrons. The number of nitrogens with zero attached hydrogens (tertiary/aromatic N) is 4. The lowest BCUT2D eigenvalue weighted by atomic mass is 10.0. The first kappa shape index (κ1) is 11.9. The fourth-order valence-electron chi connectivity index (χ4n) is 2.01. The van der Waals surface area contributed by atoms with E-state index in [2.05, 4.69) is 15.2 Å². The summed E-state index contributed by atoms with van der Waals surface area (Å²) in [6, 6.07) is 3.37. The molecule has 0 unspecified atom stereocenters. The van der Waals surface area contributed by atoms with Gasteiger partial charge in [0.1, 0.15) is 11.6 Å². The van der Waals surface area contributed by atoms with Crippen molar-refractivity contribution >= 4 is 17.4 Å². The quantitative estimate of drug-likeness (QED) is 0.741. The molecule has 2 aromatic heterocycles. The Balaban J connectivity index is 2.24. The van der Waals surface area contributed by atoms with Gasteiger partial charge < -0.3 is 5.11 Å². The minimum absolute atomic E-state index is 0.0810. The highest BCUT2D eigenvalue weighted by molar-refractivity contribution is 6.32. The molecule has 0 aliphatic carbocycles. The second kappa shape index (κ2) is 4.20. The number of aromatic nitrogens is 4. The summed E-state index contributed by atoms with van der Waals surface area (Å²) in [5, 5.41) is 17.8. The molecule has 0 bridgehead atoms. The highest BCUT2D eigenvalue weighted by Gasteiger charge is 2.10. The van der Waals surface area contributed by atoms with E-state index in [4.69, 9.17) is 11.6 Å². The lowest BCUT2D eigenvalue weighted by molar-refractivity contribution is 0.475. The number of hydrogen-bond donors (Lipinski definition) is 1. The standard InChI is InChI=1S/C13H11ClN4O/c1-7-3-12(19)11(14)4-10(7)9-5-15-13-17-16-8(2)18(13)6-9/h3-6,19H,1-2H3. The first-order valence-electron chi connectivity index (χ1n) is 5.73. The fraction of sp³-hybridized carbons (Fsp3) is 0.154. The van der Waals surface area contributed by atoms with E-state index in [1.165, 1.54) is 0 Å². The number of rotatable bonds is 1. The van der Waals surface area contributed by atoms with Crippen LogP contribution in [0, 0.1) is 13.8 Å². The molecule has 6 heteroatoms. The van der Waals surface area contributed by atoms with Crippen LogP contribution in [0.2, 0.25) is 5.02 Å². The van der Waals surface area contributed by atoms with Crippen LogP contribution in [-0.4, -0.2) is 24.7 Å². The zero-order chi connectivity index (χ0) is 13.6. The van der Waals surface area contributed by atoms with Crippen LogP contribution in [0.1, 0.15) is 11.4 Å². The molecule has 96 valence electrons. The molecular weight excluding hydrogens is 264 g/mol. The van der Waals surface area contributed by atoms with Gasteiger partial charge in [-0.2, -0.15) is 0 Å². The topological polar surface area (TPSA) is 63.3 Å². The molecule has 0 saturated heterocycles. The van der Waals surface area contributed by atoms with Gasteiger partial charge in [-0.15, -0.1) is 10.2 Å². The van der Waals surface area contributed by atoms with E-state index in [0.717, 1.165) is 22.5 Å². The van der Waals surface area contributed by atoms with Crippen LogP contribution < -0.4 is 0 Å². The molecule has 0 saturated carbocycles. The maximum Gasteiger partial charge on any atom is 0.254 e. The molecule has 0 aliphatic rings. The van der Waals surface area contributed by atoms with Gasteiger partial charge in [-0.25, -0.2) is 4.98 Å². The first-order chi connectivity index (χ1) is 9.06. The average molecular weight is 275 g/mol. The molecule has 0 fully saturated rings. The summed E-state index contributed by atoms with van der Waals surface area (Å²) in [7, 11) is 0. The third kappa shape index (κ3) is 1.92. The molecule has 5 nitrogen and oxygen atoms in total. The van der Waals surface area contributed by atoms with Crippen LogP contribution >= 0.6 is 11.6 Å². The van der Waals surface area contributed by atoms with E-state index >= 15 is 0 Å². The summed E-state index contributed by atoms with van der Waals surface area (Å²) in [4.78, 5) is 4.26. The maximum absolute atomic E-state index is 9.58. The van der Waals surface area contributed by atoms with Crippen LogP contribution in [0.15, 0.2) is 24.5 Å². The van der Waals surface area contributed by atoms with Gasteiger partial charge in [0.25, 0.3) is 5.78 Å². The Morgan fingerprint density at radius 3 is 2.79 bits per heavy atom. The minimum Gasteiger partial charge on any atom is -0.506 e. The molecule has 3 rings (SSSR count). The van der Waals surface area contributed by atoms with Gasteiger partial charge in [-0.3, -0.25) is 4.40 Å². The van der Waals surface area contributed by atoms with E-state index in [1.807, 2.05) is 24.4 Å². The number of benzene rings is 1. The summed E-state index contributed by atoms with van der Waals surface area (Å²) >= 11 is 5.96. The molecule has 0 aliphatic heterocycles. The molecule has 0 amide bonds. The second-order valence-electron chi connectivity index (χ2n) is 4.38. The Morgan fingerprint density at radius 2 is 2.00 bits per heavy atom. The van der Waals surface area contributed by atoms with Crippen molar-refractivity contribution in [3.8, 4) is 16.9 Å². The van der Waals surface area contributed by atoms with Crippen molar-refractivity contribution in [2.24, 2.45) is 0 Å². The molecule has 3 aromatic rings. The highest BCUT2D eigenvalue weighted by Crippen LogP contribution is 2.32. The van der Waals surface area contributed by atoms with Crippen molar-refractivity contribution in [2.45, 2.75) is 13.8 Å². The average Bonchev–Trinajstić information content (AvgIpc) is 2.75. The molecule has 0 spiro atoms. The number of phenols is 1. The third-order valence-corrected chi connectivity index (χ3v) is 3.34. The zero-order valence-corrected chi connectivity index (χ0v) is 11.2. The molecule has 1 aromatic carbocycles. The van der Waals surface area contributed by atoms with Crippen molar-refractivity contribution in [1.29, 1.82) is 0 Å². The Morgan fingerprint density at radius 1 is 1.21 bits per heavy atom. The Bertz CT molecular complexity index is 782. The predicted octanol–water partition coefficient (Wildman–Crippen LogP) is 2.77. The van der Waals surface area contributed by atoms with Gasteiger partial charge in [0, 0.05) is 18.0 Å². The van der Waals surface area contributed by atoms with Crippen molar-refractivity contribution in [3.63, 3.8) is 0 Å². The van der Waals surface area contributed by atoms with Crippen LogP contribution in [0.25, 0.3) is 16.9 Å². The van der Waals surface area contributed by atoms with Crippen LogP contribution in [0.3, 0.4) is 0 Å². The van der Waals surface area contributed by atoms with Crippen molar-refractivity contribution in [2.75, 3.05) is 0 Å². The summed E-state index contributed by atoms with van der Waals surface area (Å²) in [6.45, 7) is 3.77. The zero-order valence-electron chi connectivity index (χ0n) is 10.4. The Kier molecular flexibility index (Phi) is 2.64. The molecule has 19 heavy (non-hydrogen) atoms. The number of hydrogen-bond acceptors (Lipinski definition) is 4. The van der Waals surface area contributed by atoms with Gasteiger partial charge in [-0.1, -0.05) is 11.6 Å². The van der Waals surface area contributed by atoms with E-state index in [9.17, 15) is 5.11 Å². The van der Waals surface area contributed by atoms with Crippen LogP contribution in [-0.2, 0) is 0 Å². The summed E-state index contributed by atoms with van der Waals surface area (Å²) in [5.74, 6) is 1.41. The number of aromatic hydroxyl groups is 1. The van der Waals surface area contributed by atoms with Gasteiger partial charge in [0.2, 0.25) is 0 Å². The van der Waals surface area contributed by atoms with E-state index in [-0.39, 0.29) is 5.75 Å². The van der Waals surface area contributed by atoms with Gasteiger partial charge >= 0.3 is 0 Å². The lowest BCUT2D eigenvalue weighted by Gasteiger charge is -2.08. The van der Waals surface area contributed by atoms with Crippen LogP contribution in [0.5, 0.6) is 5.75 Å². The highest BCUT2D eigenvalue weighted by atomic mass is 35.5. The van der Waals surface area contributed by atoms with E-state index in [1.54, 1.807) is 18.3 Å². The van der Waals surface area contributed by atoms with Gasteiger partial charge in [-0.05, 0) is 37.1 Å². The van der Waals surface area contributed by atoms with E-state index in [0.29, 0.717) is 10.8 Å². The largest absolute Gasteiger partial charge is 0.506 e. The van der Waals surface area contributed by atoms with Crippen LogP contribution in [0.4, 0.5) is 0 Å². The molecule has 0 atom stereocenters. The lowest BCUT2D eigenvalue weighted by Crippen LogP contribution is -1.93. The normalized spacial score (nSPS) is 11.1. The molecule has 2 heterocycles. The van der Waals surface area contributed by atoms with E-state index < -0.39 is 0 Å². The molecular formula is C13H11ClN4O. The van der Waals surface area contributed by atoms with Crippen molar-refractivity contribution in [3.05, 3.63) is 40.9 Å². The Hall–Kier alpha value is -2.14. The first-order valence-corrected chi connectivity index (χ1v) is 6.11. The Labute approximate surface area is 114 Å². The van der Waals surface area contributed by atoms with Crippen molar-refractivity contribution < 1.29 is 5.11 Å². The number of aryl methyl sites for hydroxylation is 2. The third-order valence-electron chi connectivity index (χ3n) is 3.04. The SMILES string of the molecule is Cc1cc(O)c(Cl)cc1-c1cnc2nnc(C)n2c1. The maximum atomic E-state index is 9.58. The summed E-state index contributed by atoms with van der Waals surface area (Å²) in [5.41, 5.74) is 2.74. The second-order valence-corrected chi connectivity index (χ2v) is 4.79. The molecule has 1 N–H and O–H groups in total. The summed E-state index contributed by atoms with van der Waals surface area (Å²) < 4.78 is 1.82. The van der Waals surface area contributed by atoms with Gasteiger partial charge in [0.05, 0.1) is 5.02 Å². The van der Waals surface area contributed by atoms with Crippen molar-refractivity contribution in [1.82, 2.24) is 19.6 Å². The summed E-state index contributed by atoms with van der Waals surface area (Å²) in [6.07, 6.45) is 3.63. The number of halogens is 1. The predicted molar refractivity (Wildman–Crippen MR) is 72.4 cm³/mol. The smallest absolute Gasteiger partial charge is 0.254 e. The fourth-order valence-corrected chi connectivity index (χ4v) is 2.18. The number of phenolic OH excluding ortho intramolecular Hbond substituents is 1. The minimum atomic E-state index is 0.0810. The van der Waals surface area contributed by atoms with Gasteiger partial charge in [0.15, 0.2) is 0 Å².